The lowest BCUT2D eigenvalue weighted by Crippen LogP contribution is -2.14. The second-order valence-corrected chi connectivity index (χ2v) is 6.70. The topological polar surface area (TPSA) is 85.8 Å². The van der Waals surface area contributed by atoms with Crippen molar-refractivity contribution in [2.45, 2.75) is 17.9 Å². The van der Waals surface area contributed by atoms with E-state index in [1.165, 1.54) is 16.7 Å². The molecule has 0 fully saturated rings. The number of thioether (sulfide) groups is 1. The van der Waals surface area contributed by atoms with Crippen LogP contribution < -0.4 is 11.1 Å². The molecule has 0 saturated heterocycles. The van der Waals surface area contributed by atoms with E-state index in [4.69, 9.17) is 5.73 Å². The third-order valence-electron chi connectivity index (χ3n) is 3.70. The standard InChI is InChI=1S/C18H16F3N5OS/c19-18(20,21)12-5-4-8-14(9-12)26-16(10-23-13-6-2-1-3-7-13)24-25-17(26)28-11-15(22)27/h1-9,23H,10-11H2,(H2,22,27). The molecule has 0 atom stereocenters. The molecule has 28 heavy (non-hydrogen) atoms. The summed E-state index contributed by atoms with van der Waals surface area (Å²) in [7, 11) is 0. The summed E-state index contributed by atoms with van der Waals surface area (Å²) in [6.45, 7) is 0.227. The molecule has 1 heterocycles. The first kappa shape index (κ1) is 19.7. The number of alkyl halides is 3. The maximum absolute atomic E-state index is 13.1. The third-order valence-corrected chi connectivity index (χ3v) is 4.65. The molecule has 0 aliphatic carbocycles. The number of primary amides is 1. The molecule has 6 nitrogen and oxygen atoms in total. The van der Waals surface area contributed by atoms with Gasteiger partial charge in [0.15, 0.2) is 11.0 Å². The summed E-state index contributed by atoms with van der Waals surface area (Å²) >= 11 is 1.01. The van der Waals surface area contributed by atoms with Gasteiger partial charge in [0.05, 0.1) is 23.5 Å². The van der Waals surface area contributed by atoms with Crippen LogP contribution in [0.25, 0.3) is 5.69 Å². The zero-order valence-corrected chi connectivity index (χ0v) is 15.3. The molecule has 0 unspecified atom stereocenters. The van der Waals surface area contributed by atoms with Gasteiger partial charge < -0.3 is 11.1 Å². The molecule has 0 aliphatic heterocycles. The summed E-state index contributed by atoms with van der Waals surface area (Å²) in [6.07, 6.45) is -4.48. The van der Waals surface area contributed by atoms with Crippen molar-refractivity contribution in [2.75, 3.05) is 11.1 Å². The van der Waals surface area contributed by atoms with E-state index in [0.29, 0.717) is 5.82 Å². The molecule has 3 rings (SSSR count). The summed E-state index contributed by atoms with van der Waals surface area (Å²) in [6, 6.07) is 14.1. The van der Waals surface area contributed by atoms with Gasteiger partial charge in [-0.2, -0.15) is 13.2 Å². The summed E-state index contributed by atoms with van der Waals surface area (Å²) in [5.74, 6) is -0.230. The second-order valence-electron chi connectivity index (χ2n) is 5.76. The minimum Gasteiger partial charge on any atom is -0.378 e. The first-order valence-corrected chi connectivity index (χ1v) is 9.15. The molecule has 1 aromatic heterocycles. The van der Waals surface area contributed by atoms with Crippen molar-refractivity contribution in [1.82, 2.24) is 14.8 Å². The SMILES string of the molecule is NC(=O)CSc1nnc(CNc2ccccc2)n1-c1cccc(C(F)(F)F)c1. The molecule has 0 radical (unpaired) electrons. The Kier molecular flexibility index (Phi) is 5.88. The number of anilines is 1. The van der Waals surface area contributed by atoms with E-state index in [1.54, 1.807) is 0 Å². The van der Waals surface area contributed by atoms with Crippen LogP contribution in [0.4, 0.5) is 18.9 Å². The van der Waals surface area contributed by atoms with Crippen LogP contribution in [0.5, 0.6) is 0 Å². The average molecular weight is 407 g/mol. The Bertz CT molecular complexity index is 959. The van der Waals surface area contributed by atoms with Gasteiger partial charge in [-0.3, -0.25) is 9.36 Å². The highest BCUT2D eigenvalue weighted by Crippen LogP contribution is 2.31. The van der Waals surface area contributed by atoms with E-state index in [1.807, 2.05) is 30.3 Å². The smallest absolute Gasteiger partial charge is 0.378 e. The largest absolute Gasteiger partial charge is 0.416 e. The summed E-state index contributed by atoms with van der Waals surface area (Å²) in [4.78, 5) is 11.1. The minimum absolute atomic E-state index is 0.0663. The first-order valence-electron chi connectivity index (χ1n) is 8.16. The summed E-state index contributed by atoms with van der Waals surface area (Å²) in [5, 5.41) is 11.5. The number of hydrogen-bond donors (Lipinski definition) is 2. The molecular weight excluding hydrogens is 391 g/mol. The summed E-state index contributed by atoms with van der Waals surface area (Å²) in [5.41, 5.74) is 5.46. The number of aromatic nitrogens is 3. The number of carbonyl (C=O) groups is 1. The van der Waals surface area contributed by atoms with Crippen LogP contribution in [-0.4, -0.2) is 26.4 Å². The molecule has 0 bridgehead atoms. The van der Waals surface area contributed by atoms with Crippen LogP contribution in [-0.2, 0) is 17.5 Å². The lowest BCUT2D eigenvalue weighted by Gasteiger charge is -2.13. The maximum atomic E-state index is 13.1. The van der Waals surface area contributed by atoms with Gasteiger partial charge in [-0.1, -0.05) is 36.0 Å². The van der Waals surface area contributed by atoms with Crippen LogP contribution in [0.1, 0.15) is 11.4 Å². The van der Waals surface area contributed by atoms with Gasteiger partial charge in [-0.05, 0) is 30.3 Å². The van der Waals surface area contributed by atoms with Crippen molar-refractivity contribution < 1.29 is 18.0 Å². The van der Waals surface area contributed by atoms with E-state index in [-0.39, 0.29) is 23.1 Å². The number of benzene rings is 2. The Morgan fingerprint density at radius 2 is 1.86 bits per heavy atom. The zero-order chi connectivity index (χ0) is 20.1. The highest BCUT2D eigenvalue weighted by atomic mass is 32.2. The van der Waals surface area contributed by atoms with Gasteiger partial charge in [0.2, 0.25) is 5.91 Å². The van der Waals surface area contributed by atoms with Crippen LogP contribution in [0, 0.1) is 0 Å². The van der Waals surface area contributed by atoms with Crippen molar-refractivity contribution in [3.8, 4) is 5.69 Å². The maximum Gasteiger partial charge on any atom is 0.416 e. The number of nitrogens with two attached hydrogens (primary N) is 1. The van der Waals surface area contributed by atoms with Gasteiger partial charge in [0.25, 0.3) is 0 Å². The number of para-hydroxylation sites is 1. The van der Waals surface area contributed by atoms with E-state index in [2.05, 4.69) is 15.5 Å². The van der Waals surface area contributed by atoms with E-state index in [0.717, 1.165) is 29.6 Å². The van der Waals surface area contributed by atoms with Gasteiger partial charge in [0.1, 0.15) is 0 Å². The van der Waals surface area contributed by atoms with Gasteiger partial charge in [-0.15, -0.1) is 10.2 Å². The molecule has 10 heteroatoms. The highest BCUT2D eigenvalue weighted by Gasteiger charge is 2.31. The van der Waals surface area contributed by atoms with Crippen LogP contribution in [0.2, 0.25) is 0 Å². The van der Waals surface area contributed by atoms with Crippen molar-refractivity contribution >= 4 is 23.4 Å². The zero-order valence-electron chi connectivity index (χ0n) is 14.5. The van der Waals surface area contributed by atoms with Crippen LogP contribution >= 0.6 is 11.8 Å². The van der Waals surface area contributed by atoms with E-state index < -0.39 is 17.6 Å². The number of hydrogen-bond acceptors (Lipinski definition) is 5. The molecular formula is C18H16F3N5OS. The van der Waals surface area contributed by atoms with E-state index in [9.17, 15) is 18.0 Å². The Morgan fingerprint density at radius 1 is 1.11 bits per heavy atom. The average Bonchev–Trinajstić information content (AvgIpc) is 3.08. The quantitative estimate of drug-likeness (QED) is 0.586. The van der Waals surface area contributed by atoms with E-state index >= 15 is 0 Å². The Morgan fingerprint density at radius 3 is 2.54 bits per heavy atom. The number of halogens is 3. The number of nitrogens with zero attached hydrogens (tertiary/aromatic N) is 3. The van der Waals surface area contributed by atoms with Gasteiger partial charge >= 0.3 is 6.18 Å². The fourth-order valence-corrected chi connectivity index (χ4v) is 3.17. The Hall–Kier alpha value is -3.01. The predicted octanol–water partition coefficient (Wildman–Crippen LogP) is 3.48. The third kappa shape index (κ3) is 4.83. The summed E-state index contributed by atoms with van der Waals surface area (Å²) < 4.78 is 40.8. The predicted molar refractivity (Wildman–Crippen MR) is 100 cm³/mol. The number of nitrogens with one attached hydrogen (secondary N) is 1. The second kappa shape index (κ2) is 8.34. The Balaban J connectivity index is 1.96. The first-order chi connectivity index (χ1) is 13.3. The number of carbonyl (C=O) groups excluding carboxylic acids is 1. The molecule has 3 aromatic rings. The fraction of sp³-hybridized carbons (Fsp3) is 0.167. The van der Waals surface area contributed by atoms with Crippen LogP contribution in [0.15, 0.2) is 59.8 Å². The van der Waals surface area contributed by atoms with Crippen molar-refractivity contribution in [3.05, 3.63) is 66.0 Å². The van der Waals surface area contributed by atoms with Crippen LogP contribution in [0.3, 0.4) is 0 Å². The molecule has 146 valence electrons. The molecule has 3 N–H and O–H groups in total. The molecule has 0 aliphatic rings. The Labute approximate surface area is 163 Å². The number of amides is 1. The van der Waals surface area contributed by atoms with Crippen molar-refractivity contribution in [1.29, 1.82) is 0 Å². The molecule has 2 aromatic carbocycles. The molecule has 0 spiro atoms. The monoisotopic (exact) mass is 407 g/mol. The highest BCUT2D eigenvalue weighted by molar-refractivity contribution is 7.99. The molecule has 1 amide bonds. The number of rotatable bonds is 7. The molecule has 0 saturated carbocycles. The minimum atomic E-state index is -4.48. The lowest BCUT2D eigenvalue weighted by molar-refractivity contribution is -0.137. The fourth-order valence-electron chi connectivity index (χ4n) is 2.46. The van der Waals surface area contributed by atoms with Crippen molar-refractivity contribution in [2.24, 2.45) is 5.73 Å². The van der Waals surface area contributed by atoms with Gasteiger partial charge in [0, 0.05) is 5.69 Å². The van der Waals surface area contributed by atoms with Gasteiger partial charge in [-0.25, -0.2) is 0 Å². The normalized spacial score (nSPS) is 11.4. The lowest BCUT2D eigenvalue weighted by atomic mass is 10.2. The van der Waals surface area contributed by atoms with Crippen molar-refractivity contribution in [3.63, 3.8) is 0 Å².